The van der Waals surface area contributed by atoms with Crippen LogP contribution >= 0.6 is 0 Å². The van der Waals surface area contributed by atoms with Crippen LogP contribution in [0, 0.1) is 23.7 Å². The van der Waals surface area contributed by atoms with Gasteiger partial charge in [0.1, 0.15) is 0 Å². The Labute approximate surface area is 127 Å². The van der Waals surface area contributed by atoms with E-state index in [9.17, 15) is 14.4 Å². The lowest BCUT2D eigenvalue weighted by molar-refractivity contribution is -0.123. The number of hydrogen-bond acceptors (Lipinski definition) is 3. The second kappa shape index (κ2) is 4.29. The minimum atomic E-state index is -1.07. The highest BCUT2D eigenvalue weighted by Gasteiger charge is 2.60. The number of anilines is 1. The van der Waals surface area contributed by atoms with Gasteiger partial charge in [0.25, 0.3) is 0 Å². The summed E-state index contributed by atoms with van der Waals surface area (Å²) in [7, 11) is 0. The van der Waals surface area contributed by atoms with Crippen molar-refractivity contribution >= 4 is 23.5 Å². The van der Waals surface area contributed by atoms with E-state index in [1.165, 1.54) is 22.6 Å². The van der Waals surface area contributed by atoms with Crippen molar-refractivity contribution in [3.8, 4) is 0 Å². The van der Waals surface area contributed by atoms with Gasteiger partial charge in [0.2, 0.25) is 11.8 Å². The smallest absolute Gasteiger partial charge is 0.335 e. The summed E-state index contributed by atoms with van der Waals surface area (Å²) < 4.78 is 0. The molecule has 22 heavy (non-hydrogen) atoms. The molecule has 0 unspecified atom stereocenters. The van der Waals surface area contributed by atoms with Crippen molar-refractivity contribution in [2.24, 2.45) is 23.7 Å². The van der Waals surface area contributed by atoms with Gasteiger partial charge in [0, 0.05) is 0 Å². The normalized spacial score (nSPS) is 32.4. The quantitative estimate of drug-likeness (QED) is 0.670. The Hall–Kier alpha value is -2.43. The third-order valence-corrected chi connectivity index (χ3v) is 5.23. The van der Waals surface area contributed by atoms with Gasteiger partial charge in [-0.05, 0) is 43.4 Å². The molecule has 0 radical (unpaired) electrons. The molecule has 1 aromatic rings. The predicted octanol–water partition coefficient (Wildman–Crippen LogP) is 2.09. The molecule has 2 amide bonds. The molecule has 4 atom stereocenters. The van der Waals surface area contributed by atoms with E-state index >= 15 is 0 Å². The number of carbonyl (C=O) groups is 3. The number of carboxylic acids is 1. The first-order chi connectivity index (χ1) is 10.5. The highest BCUT2D eigenvalue weighted by Crippen LogP contribution is 2.55. The van der Waals surface area contributed by atoms with Gasteiger partial charge in [-0.25, -0.2) is 9.69 Å². The predicted molar refractivity (Wildman–Crippen MR) is 78.2 cm³/mol. The first-order valence-corrected chi connectivity index (χ1v) is 7.38. The molecule has 1 aliphatic heterocycles. The third kappa shape index (κ3) is 1.56. The van der Waals surface area contributed by atoms with Crippen molar-refractivity contribution in [1.82, 2.24) is 0 Å². The van der Waals surface area contributed by atoms with E-state index < -0.39 is 5.97 Å². The highest BCUT2D eigenvalue weighted by molar-refractivity contribution is 6.23. The van der Waals surface area contributed by atoms with E-state index in [-0.39, 0.29) is 41.0 Å². The van der Waals surface area contributed by atoms with Crippen molar-refractivity contribution in [2.45, 2.75) is 13.3 Å². The number of nitrogens with zero attached hydrogens (tertiary/aromatic N) is 1. The average molecular weight is 297 g/mol. The summed E-state index contributed by atoms with van der Waals surface area (Å²) in [4.78, 5) is 37.7. The maximum Gasteiger partial charge on any atom is 0.335 e. The number of fused-ring (bicyclic) bond motifs is 5. The summed E-state index contributed by atoms with van der Waals surface area (Å²) in [5.74, 6) is -1.66. The zero-order chi connectivity index (χ0) is 15.6. The van der Waals surface area contributed by atoms with Gasteiger partial charge < -0.3 is 5.11 Å². The van der Waals surface area contributed by atoms with Crippen LogP contribution in [0.2, 0.25) is 0 Å². The largest absolute Gasteiger partial charge is 0.478 e. The summed E-state index contributed by atoms with van der Waals surface area (Å²) in [5.41, 5.74) is 1.64. The third-order valence-electron chi connectivity index (χ3n) is 5.23. The summed E-state index contributed by atoms with van der Waals surface area (Å²) in [6.45, 7) is 2.02. The minimum Gasteiger partial charge on any atom is -0.478 e. The molecule has 2 aliphatic carbocycles. The van der Waals surface area contributed by atoms with Crippen molar-refractivity contribution in [2.75, 3.05) is 4.90 Å². The topological polar surface area (TPSA) is 74.7 Å². The number of allylic oxidation sites excluding steroid dienone is 2. The average Bonchev–Trinajstić information content (AvgIpc) is 3.10. The lowest BCUT2D eigenvalue weighted by Crippen LogP contribution is -2.33. The number of carboxylic acid groups (broad SMARTS) is 1. The first kappa shape index (κ1) is 13.2. The maximum atomic E-state index is 12.7. The molecule has 1 saturated carbocycles. The first-order valence-electron chi connectivity index (χ1n) is 7.38. The van der Waals surface area contributed by atoms with Gasteiger partial charge in [0.05, 0.1) is 23.1 Å². The Morgan fingerprint density at radius 1 is 1.23 bits per heavy atom. The van der Waals surface area contributed by atoms with E-state index in [1.807, 2.05) is 6.92 Å². The van der Waals surface area contributed by atoms with Gasteiger partial charge in [-0.15, -0.1) is 0 Å². The fraction of sp³-hybridized carbons (Fsp3) is 0.353. The molecule has 1 N–H and O–H groups in total. The molecule has 1 heterocycles. The van der Waals surface area contributed by atoms with Crippen LogP contribution in [0.15, 0.2) is 35.9 Å². The molecule has 4 rings (SSSR count). The number of aromatic carboxylic acids is 1. The number of amides is 2. The molecular weight excluding hydrogens is 282 g/mol. The van der Waals surface area contributed by atoms with Gasteiger partial charge in [-0.1, -0.05) is 17.7 Å². The fourth-order valence-corrected chi connectivity index (χ4v) is 4.31. The van der Waals surface area contributed by atoms with E-state index in [0.717, 1.165) is 6.42 Å². The zero-order valence-corrected chi connectivity index (χ0v) is 12.0. The van der Waals surface area contributed by atoms with E-state index in [0.29, 0.717) is 5.69 Å². The Morgan fingerprint density at radius 3 is 2.68 bits per heavy atom. The Bertz CT molecular complexity index is 751. The lowest BCUT2D eigenvalue weighted by atomic mass is 9.82. The Balaban J connectivity index is 1.74. The molecular formula is C17H15NO4. The summed E-state index contributed by atoms with van der Waals surface area (Å²) in [6.07, 6.45) is 3.01. The second-order valence-corrected chi connectivity index (χ2v) is 6.34. The summed E-state index contributed by atoms with van der Waals surface area (Å²) >= 11 is 0. The number of hydrogen-bond donors (Lipinski definition) is 1. The van der Waals surface area contributed by atoms with Gasteiger partial charge in [-0.3, -0.25) is 9.59 Å². The molecule has 1 saturated heterocycles. The van der Waals surface area contributed by atoms with Crippen LogP contribution in [-0.4, -0.2) is 22.9 Å². The van der Waals surface area contributed by atoms with E-state index in [4.69, 9.17) is 5.11 Å². The van der Waals surface area contributed by atoms with Crippen LogP contribution in [-0.2, 0) is 9.59 Å². The van der Waals surface area contributed by atoms with E-state index in [2.05, 4.69) is 6.08 Å². The number of rotatable bonds is 2. The summed E-state index contributed by atoms with van der Waals surface area (Å²) in [5, 5.41) is 9.08. The minimum absolute atomic E-state index is 0.0763. The molecule has 0 aromatic heterocycles. The SMILES string of the molecule is CC1=C[C@H]2C[C@H]1[C@H]1C(=O)N(c3cccc(C(=O)O)c3)C(=O)[C@H]12. The van der Waals surface area contributed by atoms with Crippen LogP contribution in [0.4, 0.5) is 5.69 Å². The molecule has 0 spiro atoms. The van der Waals surface area contributed by atoms with Gasteiger partial charge >= 0.3 is 5.97 Å². The highest BCUT2D eigenvalue weighted by atomic mass is 16.4. The van der Waals surface area contributed by atoms with Gasteiger partial charge in [0.15, 0.2) is 0 Å². The molecule has 2 bridgehead atoms. The van der Waals surface area contributed by atoms with Crippen LogP contribution < -0.4 is 4.90 Å². The molecule has 3 aliphatic rings. The van der Waals surface area contributed by atoms with E-state index in [1.54, 1.807) is 12.1 Å². The zero-order valence-electron chi connectivity index (χ0n) is 12.0. The van der Waals surface area contributed by atoms with Crippen molar-refractivity contribution in [1.29, 1.82) is 0 Å². The second-order valence-electron chi connectivity index (χ2n) is 6.34. The lowest BCUT2D eigenvalue weighted by Gasteiger charge is -2.19. The van der Waals surface area contributed by atoms with Gasteiger partial charge in [-0.2, -0.15) is 0 Å². The standard InChI is InChI=1S/C17H15NO4/c1-8-5-10-7-12(8)14-13(10)15(19)18(16(14)20)11-4-2-3-9(6-11)17(21)22/h2-6,10,12-14H,7H2,1H3,(H,21,22)/t10-,12+,13-,14+/m0/s1. The summed E-state index contributed by atoms with van der Waals surface area (Å²) in [6, 6.07) is 6.02. The molecule has 5 heteroatoms. The monoisotopic (exact) mass is 297 g/mol. The van der Waals surface area contributed by atoms with Crippen LogP contribution in [0.3, 0.4) is 0 Å². The molecule has 112 valence electrons. The number of imide groups is 1. The molecule has 2 fully saturated rings. The van der Waals surface area contributed by atoms with Crippen LogP contribution in [0.1, 0.15) is 23.7 Å². The van der Waals surface area contributed by atoms with Crippen molar-refractivity contribution in [3.63, 3.8) is 0 Å². The van der Waals surface area contributed by atoms with Crippen molar-refractivity contribution in [3.05, 3.63) is 41.5 Å². The van der Waals surface area contributed by atoms with Crippen molar-refractivity contribution < 1.29 is 19.5 Å². The maximum absolute atomic E-state index is 12.7. The molecule has 5 nitrogen and oxygen atoms in total. The number of carbonyl (C=O) groups excluding carboxylic acids is 2. The van der Waals surface area contributed by atoms with Crippen LogP contribution in [0.5, 0.6) is 0 Å². The Morgan fingerprint density at radius 2 is 1.95 bits per heavy atom. The molecule has 1 aromatic carbocycles. The fourth-order valence-electron chi connectivity index (χ4n) is 4.31. The Kier molecular flexibility index (Phi) is 2.58. The number of benzene rings is 1. The van der Waals surface area contributed by atoms with Crippen LogP contribution in [0.25, 0.3) is 0 Å².